The number of nitrogens with one attached hydrogen (secondary N) is 1. The number of benzene rings is 2. The summed E-state index contributed by atoms with van der Waals surface area (Å²) >= 11 is 0. The van der Waals surface area contributed by atoms with Crippen LogP contribution in [0.3, 0.4) is 0 Å². The number of imidazole rings is 1. The Kier molecular flexibility index (Phi) is 6.90. The molecular formula is C24H26N4O6S. The molecule has 3 aromatic rings. The van der Waals surface area contributed by atoms with Crippen LogP contribution in [0.1, 0.15) is 23.9 Å². The van der Waals surface area contributed by atoms with Crippen molar-refractivity contribution < 1.29 is 27.5 Å². The lowest BCUT2D eigenvalue weighted by Gasteiger charge is -2.33. The molecule has 1 aliphatic rings. The first kappa shape index (κ1) is 24.4. The molecule has 35 heavy (non-hydrogen) atoms. The highest BCUT2D eigenvalue weighted by atomic mass is 32.2. The number of rotatable bonds is 7. The van der Waals surface area contributed by atoms with Crippen LogP contribution in [0.15, 0.2) is 59.8 Å². The minimum atomic E-state index is -4.07. The molecule has 0 saturated heterocycles. The molecule has 1 amide bonds. The lowest BCUT2D eigenvalue weighted by Crippen LogP contribution is -2.49. The molecule has 1 N–H and O–H groups in total. The van der Waals surface area contributed by atoms with Crippen LogP contribution in [0, 0.1) is 0 Å². The number of aromatic nitrogens is 2. The van der Waals surface area contributed by atoms with Gasteiger partial charge in [-0.2, -0.15) is 4.31 Å². The van der Waals surface area contributed by atoms with Gasteiger partial charge in [-0.05, 0) is 42.0 Å². The van der Waals surface area contributed by atoms with E-state index in [0.717, 1.165) is 15.6 Å². The maximum atomic E-state index is 13.6. The first-order valence-corrected chi connectivity index (χ1v) is 12.3. The molecule has 1 atom stereocenters. The highest BCUT2D eigenvalue weighted by Crippen LogP contribution is 2.30. The molecule has 2 aromatic carbocycles. The Morgan fingerprint density at radius 3 is 2.37 bits per heavy atom. The molecule has 11 heteroatoms. The second kappa shape index (κ2) is 9.88. The van der Waals surface area contributed by atoms with E-state index in [1.165, 1.54) is 38.3 Å². The summed E-state index contributed by atoms with van der Waals surface area (Å²) in [6, 6.07) is 12.3. The topological polar surface area (TPSA) is 120 Å². The van der Waals surface area contributed by atoms with Gasteiger partial charge in [0.25, 0.3) is 0 Å². The van der Waals surface area contributed by atoms with Crippen molar-refractivity contribution in [2.45, 2.75) is 37.4 Å². The van der Waals surface area contributed by atoms with E-state index >= 15 is 0 Å². The van der Waals surface area contributed by atoms with Crippen molar-refractivity contribution >= 4 is 27.6 Å². The number of amides is 1. The number of carbonyl (C=O) groups excluding carboxylic acids is 2. The average molecular weight is 499 g/mol. The molecule has 0 saturated carbocycles. The van der Waals surface area contributed by atoms with Gasteiger partial charge in [-0.25, -0.2) is 13.4 Å². The van der Waals surface area contributed by atoms with Crippen molar-refractivity contribution in [3.63, 3.8) is 0 Å². The molecule has 0 aliphatic carbocycles. The van der Waals surface area contributed by atoms with Crippen LogP contribution in [0.25, 0.3) is 0 Å². The van der Waals surface area contributed by atoms with Gasteiger partial charge < -0.3 is 19.4 Å². The molecule has 2 heterocycles. The summed E-state index contributed by atoms with van der Waals surface area (Å²) in [6.07, 6.45) is 1.75. The van der Waals surface area contributed by atoms with Crippen molar-refractivity contribution in [1.82, 2.24) is 13.9 Å². The molecule has 10 nitrogen and oxygen atoms in total. The summed E-state index contributed by atoms with van der Waals surface area (Å²) in [4.78, 5) is 28.3. The SMILES string of the molecule is COC(=O)[C@@H]1Cc2ncn(Cc3ccc(OC)cc3)c2CN1S(=O)(=O)c1ccc(NC(C)=O)cc1. The number of methoxy groups -OCH3 is 2. The highest BCUT2D eigenvalue weighted by Gasteiger charge is 2.42. The van der Waals surface area contributed by atoms with Crippen molar-refractivity contribution in [3.05, 3.63) is 71.8 Å². The molecule has 1 aromatic heterocycles. The molecular weight excluding hydrogens is 472 g/mol. The van der Waals surface area contributed by atoms with Gasteiger partial charge >= 0.3 is 5.97 Å². The number of sulfonamides is 1. The second-order valence-corrected chi connectivity index (χ2v) is 10.0. The van der Waals surface area contributed by atoms with Gasteiger partial charge in [0.1, 0.15) is 11.8 Å². The Morgan fingerprint density at radius 2 is 1.77 bits per heavy atom. The number of ether oxygens (including phenoxy) is 2. The van der Waals surface area contributed by atoms with E-state index < -0.39 is 22.0 Å². The van der Waals surface area contributed by atoms with E-state index in [4.69, 9.17) is 9.47 Å². The third-order valence-electron chi connectivity index (χ3n) is 5.84. The Morgan fingerprint density at radius 1 is 1.09 bits per heavy atom. The summed E-state index contributed by atoms with van der Waals surface area (Å²) in [5.41, 5.74) is 2.82. The largest absolute Gasteiger partial charge is 0.497 e. The van der Waals surface area contributed by atoms with Crippen molar-refractivity contribution in [2.24, 2.45) is 0 Å². The monoisotopic (exact) mass is 498 g/mol. The average Bonchev–Trinajstić information content (AvgIpc) is 3.24. The zero-order chi connectivity index (χ0) is 25.2. The molecule has 1 aliphatic heterocycles. The van der Waals surface area contributed by atoms with Gasteiger partial charge in [-0.3, -0.25) is 9.59 Å². The van der Waals surface area contributed by atoms with Crippen LogP contribution in [0.2, 0.25) is 0 Å². The number of hydrogen-bond donors (Lipinski definition) is 1. The van der Waals surface area contributed by atoms with Gasteiger partial charge in [0.15, 0.2) is 0 Å². The molecule has 0 fully saturated rings. The summed E-state index contributed by atoms with van der Waals surface area (Å²) in [5.74, 6) is -0.178. The number of esters is 1. The summed E-state index contributed by atoms with van der Waals surface area (Å²) in [5, 5.41) is 2.61. The lowest BCUT2D eigenvalue weighted by molar-refractivity contribution is -0.145. The standard InChI is InChI=1S/C24H26N4O6S/c1-16(29)26-18-6-10-20(11-7-18)35(31,32)28-14-23-21(12-22(28)24(30)34-3)25-15-27(23)13-17-4-8-19(33-2)9-5-17/h4-11,15,22H,12-14H2,1-3H3,(H,26,29)/t22-/m0/s1. The van der Waals surface area contributed by atoms with Crippen LogP contribution in [-0.4, -0.2) is 54.4 Å². The number of hydrogen-bond acceptors (Lipinski definition) is 7. The maximum Gasteiger partial charge on any atom is 0.324 e. The van der Waals surface area contributed by atoms with Crippen LogP contribution < -0.4 is 10.1 Å². The number of fused-ring (bicyclic) bond motifs is 1. The fourth-order valence-corrected chi connectivity index (χ4v) is 5.59. The van der Waals surface area contributed by atoms with Crippen molar-refractivity contribution in [2.75, 3.05) is 19.5 Å². The minimum absolute atomic E-state index is 0.00479. The predicted octanol–water partition coefficient (Wildman–Crippen LogP) is 2.19. The Balaban J connectivity index is 1.66. The number of nitrogens with zero attached hydrogens (tertiary/aromatic N) is 3. The summed E-state index contributed by atoms with van der Waals surface area (Å²) in [6.45, 7) is 1.81. The summed E-state index contributed by atoms with van der Waals surface area (Å²) in [7, 11) is -1.24. The molecule has 184 valence electrons. The molecule has 4 rings (SSSR count). The Labute approximate surface area is 203 Å². The molecule has 0 spiro atoms. The Hall–Kier alpha value is -3.70. The summed E-state index contributed by atoms with van der Waals surface area (Å²) < 4.78 is 40.4. The third kappa shape index (κ3) is 5.05. The highest BCUT2D eigenvalue weighted by molar-refractivity contribution is 7.89. The van der Waals surface area contributed by atoms with Crippen molar-refractivity contribution in [3.8, 4) is 5.75 Å². The van der Waals surface area contributed by atoms with Gasteiger partial charge in [-0.15, -0.1) is 0 Å². The molecule has 0 bridgehead atoms. The Bertz CT molecular complexity index is 1330. The van der Waals surface area contributed by atoms with Gasteiger partial charge in [0, 0.05) is 25.6 Å². The van der Waals surface area contributed by atoms with Gasteiger partial charge in [-0.1, -0.05) is 12.1 Å². The lowest BCUT2D eigenvalue weighted by atomic mass is 10.1. The van der Waals surface area contributed by atoms with E-state index in [0.29, 0.717) is 23.6 Å². The maximum absolute atomic E-state index is 13.6. The van der Waals surface area contributed by atoms with Crippen LogP contribution in [-0.2, 0) is 43.9 Å². The quantitative estimate of drug-likeness (QED) is 0.496. The van der Waals surface area contributed by atoms with E-state index in [-0.39, 0.29) is 23.8 Å². The minimum Gasteiger partial charge on any atom is -0.497 e. The fraction of sp³-hybridized carbons (Fsp3) is 0.292. The number of carbonyl (C=O) groups is 2. The van der Waals surface area contributed by atoms with E-state index in [1.54, 1.807) is 13.4 Å². The normalized spacial score (nSPS) is 15.8. The molecule has 0 unspecified atom stereocenters. The van der Waals surface area contributed by atoms with E-state index in [1.807, 2.05) is 28.8 Å². The predicted molar refractivity (Wildman–Crippen MR) is 127 cm³/mol. The number of anilines is 1. The van der Waals surface area contributed by atoms with E-state index in [9.17, 15) is 18.0 Å². The van der Waals surface area contributed by atoms with Crippen LogP contribution >= 0.6 is 0 Å². The van der Waals surface area contributed by atoms with Gasteiger partial charge in [0.05, 0.1) is 43.4 Å². The van der Waals surface area contributed by atoms with Crippen LogP contribution in [0.5, 0.6) is 5.75 Å². The second-order valence-electron chi connectivity index (χ2n) is 8.11. The van der Waals surface area contributed by atoms with Crippen molar-refractivity contribution in [1.29, 1.82) is 0 Å². The smallest absolute Gasteiger partial charge is 0.324 e. The third-order valence-corrected chi connectivity index (χ3v) is 7.71. The molecule has 0 radical (unpaired) electrons. The zero-order valence-corrected chi connectivity index (χ0v) is 20.4. The zero-order valence-electron chi connectivity index (χ0n) is 19.6. The van der Waals surface area contributed by atoms with Crippen LogP contribution in [0.4, 0.5) is 5.69 Å². The fourth-order valence-electron chi connectivity index (χ4n) is 4.05. The van der Waals surface area contributed by atoms with Gasteiger partial charge in [0.2, 0.25) is 15.9 Å². The first-order chi connectivity index (χ1) is 16.7. The van der Waals surface area contributed by atoms with E-state index in [2.05, 4.69) is 10.3 Å². The first-order valence-electron chi connectivity index (χ1n) is 10.9.